The van der Waals surface area contributed by atoms with Crippen molar-refractivity contribution in [3.63, 3.8) is 0 Å². The molecule has 0 bridgehead atoms. The lowest BCUT2D eigenvalue weighted by atomic mass is 9.89. The number of hydrogen-bond acceptors (Lipinski definition) is 3. The van der Waals surface area contributed by atoms with E-state index in [9.17, 15) is 4.79 Å². The zero-order chi connectivity index (χ0) is 16.4. The van der Waals surface area contributed by atoms with E-state index in [4.69, 9.17) is 4.74 Å². The predicted molar refractivity (Wildman–Crippen MR) is 94.3 cm³/mol. The van der Waals surface area contributed by atoms with Crippen LogP contribution in [-0.4, -0.2) is 30.5 Å². The molecule has 0 unspecified atom stereocenters. The van der Waals surface area contributed by atoms with Gasteiger partial charge >= 0.3 is 0 Å². The zero-order valence-corrected chi connectivity index (χ0v) is 13.7. The Bertz CT molecular complexity index is 722. The molecule has 0 spiro atoms. The molecule has 4 nitrogen and oxygen atoms in total. The largest absolute Gasteiger partial charge is 0.482 e. The molecule has 124 valence electrons. The van der Waals surface area contributed by atoms with E-state index in [0.717, 1.165) is 31.1 Å². The Morgan fingerprint density at radius 2 is 1.88 bits per heavy atom. The van der Waals surface area contributed by atoms with E-state index in [1.54, 1.807) is 0 Å². The molecule has 1 fully saturated rings. The maximum atomic E-state index is 11.3. The molecule has 2 aliphatic rings. The van der Waals surface area contributed by atoms with Crippen LogP contribution in [0.25, 0.3) is 0 Å². The molecule has 2 heterocycles. The van der Waals surface area contributed by atoms with E-state index in [-0.39, 0.29) is 12.5 Å². The summed E-state index contributed by atoms with van der Waals surface area (Å²) in [4.78, 5) is 13.8. The highest BCUT2D eigenvalue weighted by atomic mass is 16.5. The van der Waals surface area contributed by atoms with Crippen molar-refractivity contribution in [2.24, 2.45) is 0 Å². The topological polar surface area (TPSA) is 41.6 Å². The molecule has 24 heavy (non-hydrogen) atoms. The van der Waals surface area contributed by atoms with Gasteiger partial charge in [-0.3, -0.25) is 9.69 Å². The maximum Gasteiger partial charge on any atom is 0.262 e. The Morgan fingerprint density at radius 3 is 2.67 bits per heavy atom. The van der Waals surface area contributed by atoms with Gasteiger partial charge in [0.1, 0.15) is 5.75 Å². The van der Waals surface area contributed by atoms with Gasteiger partial charge in [0.15, 0.2) is 6.61 Å². The van der Waals surface area contributed by atoms with E-state index in [0.29, 0.717) is 5.92 Å². The molecule has 4 rings (SSSR count). The molecule has 2 aromatic rings. The molecule has 2 aromatic carbocycles. The fourth-order valence-electron chi connectivity index (χ4n) is 3.63. The predicted octanol–water partition coefficient (Wildman–Crippen LogP) is 3.40. The maximum absolute atomic E-state index is 11.3. The first-order chi connectivity index (χ1) is 11.8. The third-order valence-corrected chi connectivity index (χ3v) is 4.94. The average Bonchev–Trinajstić information content (AvgIpc) is 2.63. The third-order valence-electron chi connectivity index (χ3n) is 4.94. The molecular formula is C20H22N2O2. The number of anilines is 1. The SMILES string of the molecule is O=C1COc2cc(CN3CCC(c4ccccc4)CC3)ccc2N1. The molecule has 0 aliphatic carbocycles. The van der Waals surface area contributed by atoms with Crippen LogP contribution in [0, 0.1) is 0 Å². The number of hydrogen-bond donors (Lipinski definition) is 1. The van der Waals surface area contributed by atoms with Gasteiger partial charge in [-0.1, -0.05) is 36.4 Å². The molecule has 0 radical (unpaired) electrons. The monoisotopic (exact) mass is 322 g/mol. The van der Waals surface area contributed by atoms with Crippen molar-refractivity contribution in [1.82, 2.24) is 4.90 Å². The van der Waals surface area contributed by atoms with Gasteiger partial charge in [0.05, 0.1) is 5.69 Å². The van der Waals surface area contributed by atoms with Crippen LogP contribution in [0.3, 0.4) is 0 Å². The lowest BCUT2D eigenvalue weighted by molar-refractivity contribution is -0.118. The minimum absolute atomic E-state index is 0.0850. The van der Waals surface area contributed by atoms with Crippen molar-refractivity contribution in [1.29, 1.82) is 0 Å². The lowest BCUT2D eigenvalue weighted by Crippen LogP contribution is -2.32. The summed E-state index contributed by atoms with van der Waals surface area (Å²) in [5.74, 6) is 1.38. The second-order valence-corrected chi connectivity index (χ2v) is 6.63. The molecular weight excluding hydrogens is 300 g/mol. The first-order valence-corrected chi connectivity index (χ1v) is 8.61. The van der Waals surface area contributed by atoms with E-state index >= 15 is 0 Å². The number of ether oxygens (including phenoxy) is 1. The third kappa shape index (κ3) is 3.29. The van der Waals surface area contributed by atoms with Crippen LogP contribution >= 0.6 is 0 Å². The van der Waals surface area contributed by atoms with Gasteiger partial charge in [0.2, 0.25) is 0 Å². The molecule has 0 saturated carbocycles. The van der Waals surface area contributed by atoms with Gasteiger partial charge in [-0.15, -0.1) is 0 Å². The summed E-state index contributed by atoms with van der Waals surface area (Å²) in [6.45, 7) is 3.29. The molecule has 2 aliphatic heterocycles. The zero-order valence-electron chi connectivity index (χ0n) is 13.7. The summed E-state index contributed by atoms with van der Waals surface area (Å²) in [5, 5.41) is 2.84. The second-order valence-electron chi connectivity index (χ2n) is 6.63. The number of carbonyl (C=O) groups excluding carboxylic acids is 1. The number of fused-ring (bicyclic) bond motifs is 1. The highest BCUT2D eigenvalue weighted by molar-refractivity contribution is 5.95. The van der Waals surface area contributed by atoms with E-state index in [1.807, 2.05) is 6.07 Å². The molecule has 4 heteroatoms. The number of rotatable bonds is 3. The van der Waals surface area contributed by atoms with Crippen LogP contribution in [0.5, 0.6) is 5.75 Å². The van der Waals surface area contributed by atoms with Crippen molar-refractivity contribution in [3.8, 4) is 5.75 Å². The van der Waals surface area contributed by atoms with Crippen LogP contribution in [-0.2, 0) is 11.3 Å². The number of nitrogens with zero attached hydrogens (tertiary/aromatic N) is 1. The average molecular weight is 322 g/mol. The van der Waals surface area contributed by atoms with Gasteiger partial charge in [-0.05, 0) is 55.1 Å². The molecule has 1 amide bonds. The minimum atomic E-state index is -0.0850. The summed E-state index contributed by atoms with van der Waals surface area (Å²) in [7, 11) is 0. The highest BCUT2D eigenvalue weighted by Crippen LogP contribution is 2.31. The van der Waals surface area contributed by atoms with Gasteiger partial charge in [0, 0.05) is 6.54 Å². The van der Waals surface area contributed by atoms with Gasteiger partial charge in [-0.25, -0.2) is 0 Å². The van der Waals surface area contributed by atoms with E-state index < -0.39 is 0 Å². The highest BCUT2D eigenvalue weighted by Gasteiger charge is 2.21. The number of carbonyl (C=O) groups is 1. The van der Waals surface area contributed by atoms with E-state index in [2.05, 4.69) is 52.7 Å². The number of benzene rings is 2. The Morgan fingerprint density at radius 1 is 1.08 bits per heavy atom. The first-order valence-electron chi connectivity index (χ1n) is 8.61. The minimum Gasteiger partial charge on any atom is -0.482 e. The van der Waals surface area contributed by atoms with Crippen LogP contribution in [0.4, 0.5) is 5.69 Å². The molecule has 1 N–H and O–H groups in total. The Balaban J connectivity index is 1.36. The lowest BCUT2D eigenvalue weighted by Gasteiger charge is -2.32. The number of nitrogens with one attached hydrogen (secondary N) is 1. The Labute approximate surface area is 142 Å². The smallest absolute Gasteiger partial charge is 0.262 e. The second kappa shape index (κ2) is 6.65. The van der Waals surface area contributed by atoms with Crippen molar-refractivity contribution in [2.45, 2.75) is 25.3 Å². The van der Waals surface area contributed by atoms with Gasteiger partial charge < -0.3 is 10.1 Å². The number of likely N-dealkylation sites (tertiary alicyclic amines) is 1. The van der Waals surface area contributed by atoms with Gasteiger partial charge in [-0.2, -0.15) is 0 Å². The Hall–Kier alpha value is -2.33. The van der Waals surface area contributed by atoms with Crippen molar-refractivity contribution < 1.29 is 9.53 Å². The fraction of sp³-hybridized carbons (Fsp3) is 0.350. The number of piperidine rings is 1. The summed E-state index contributed by atoms with van der Waals surface area (Å²) < 4.78 is 5.51. The molecule has 0 aromatic heterocycles. The molecule has 1 saturated heterocycles. The van der Waals surface area contributed by atoms with Crippen LogP contribution in [0.15, 0.2) is 48.5 Å². The first kappa shape index (κ1) is 15.2. The Kier molecular flexibility index (Phi) is 4.22. The van der Waals surface area contributed by atoms with Crippen LogP contribution < -0.4 is 10.1 Å². The summed E-state index contributed by atoms with van der Waals surface area (Å²) >= 11 is 0. The summed E-state index contributed by atoms with van der Waals surface area (Å²) in [6.07, 6.45) is 2.42. The summed E-state index contributed by atoms with van der Waals surface area (Å²) in [5.41, 5.74) is 3.48. The quantitative estimate of drug-likeness (QED) is 0.942. The van der Waals surface area contributed by atoms with Crippen LogP contribution in [0.2, 0.25) is 0 Å². The standard InChI is InChI=1S/C20H22N2O2/c23-20-14-24-19-12-15(6-7-18(19)21-20)13-22-10-8-17(9-11-22)16-4-2-1-3-5-16/h1-7,12,17H,8-11,13-14H2,(H,21,23). The van der Waals surface area contributed by atoms with Crippen molar-refractivity contribution in [3.05, 3.63) is 59.7 Å². The van der Waals surface area contributed by atoms with Crippen molar-refractivity contribution in [2.75, 3.05) is 25.0 Å². The fourth-order valence-corrected chi connectivity index (χ4v) is 3.63. The van der Waals surface area contributed by atoms with Crippen LogP contribution in [0.1, 0.15) is 29.9 Å². The van der Waals surface area contributed by atoms with Gasteiger partial charge in [0.25, 0.3) is 5.91 Å². The van der Waals surface area contributed by atoms with Crippen molar-refractivity contribution >= 4 is 11.6 Å². The van der Waals surface area contributed by atoms with E-state index in [1.165, 1.54) is 24.0 Å². The molecule has 0 atom stereocenters. The summed E-state index contributed by atoms with van der Waals surface area (Å²) in [6, 6.07) is 16.9. The normalized spacial score (nSPS) is 18.6. The number of amides is 1.